The van der Waals surface area contributed by atoms with Crippen LogP contribution in [0.3, 0.4) is 0 Å². The zero-order chi connectivity index (χ0) is 22.0. The van der Waals surface area contributed by atoms with Crippen LogP contribution in [0, 0.1) is 13.8 Å². The molecule has 1 aliphatic rings. The Kier molecular flexibility index (Phi) is 6.13. The lowest BCUT2D eigenvalue weighted by atomic mass is 9.99. The summed E-state index contributed by atoms with van der Waals surface area (Å²) < 4.78 is 12.5. The van der Waals surface area contributed by atoms with Crippen LogP contribution in [0.25, 0.3) is 5.82 Å². The number of hydrogen-bond acceptors (Lipinski definition) is 7. The van der Waals surface area contributed by atoms with Crippen molar-refractivity contribution in [2.45, 2.75) is 31.8 Å². The van der Waals surface area contributed by atoms with E-state index in [9.17, 15) is 4.79 Å². The number of hydrogen-bond donors (Lipinski definition) is 0. The van der Waals surface area contributed by atoms with Crippen molar-refractivity contribution in [3.05, 3.63) is 52.8 Å². The van der Waals surface area contributed by atoms with Crippen molar-refractivity contribution >= 4 is 17.7 Å². The first-order valence-corrected chi connectivity index (χ1v) is 11.0. The molecule has 3 aromatic rings. The molecule has 0 fully saturated rings. The maximum Gasteiger partial charge on any atom is 0.233 e. The number of thioether (sulfide) groups is 1. The molecule has 0 saturated heterocycles. The zero-order valence-corrected chi connectivity index (χ0v) is 18.9. The number of methoxy groups -OCH3 is 2. The first-order chi connectivity index (χ1) is 15.0. The van der Waals surface area contributed by atoms with Crippen molar-refractivity contribution in [1.82, 2.24) is 24.9 Å². The molecular weight excluding hydrogens is 414 g/mol. The van der Waals surface area contributed by atoms with Crippen molar-refractivity contribution in [2.24, 2.45) is 0 Å². The van der Waals surface area contributed by atoms with E-state index in [0.717, 1.165) is 29.1 Å². The maximum absolute atomic E-state index is 12.8. The third kappa shape index (κ3) is 4.51. The Bertz CT molecular complexity index is 1100. The predicted molar refractivity (Wildman–Crippen MR) is 118 cm³/mol. The molecule has 0 unspecified atom stereocenters. The summed E-state index contributed by atoms with van der Waals surface area (Å²) in [5.74, 6) is 2.46. The number of fused-ring (bicyclic) bond motifs is 1. The fourth-order valence-corrected chi connectivity index (χ4v) is 4.40. The van der Waals surface area contributed by atoms with E-state index in [1.807, 2.05) is 49.1 Å². The first-order valence-electron chi connectivity index (χ1n) is 10.00. The largest absolute Gasteiger partial charge is 0.493 e. The molecule has 0 N–H and O–H groups in total. The molecule has 0 aliphatic carbocycles. The van der Waals surface area contributed by atoms with Crippen LogP contribution < -0.4 is 9.47 Å². The molecule has 31 heavy (non-hydrogen) atoms. The summed E-state index contributed by atoms with van der Waals surface area (Å²) in [6.07, 6.45) is 0.795. The van der Waals surface area contributed by atoms with Crippen molar-refractivity contribution in [3.8, 4) is 17.3 Å². The summed E-state index contributed by atoms with van der Waals surface area (Å²) in [4.78, 5) is 14.7. The lowest BCUT2D eigenvalue weighted by Gasteiger charge is -2.29. The van der Waals surface area contributed by atoms with Gasteiger partial charge in [0.05, 0.1) is 25.7 Å². The van der Waals surface area contributed by atoms with Crippen molar-refractivity contribution in [3.63, 3.8) is 0 Å². The maximum atomic E-state index is 12.8. The number of ether oxygens (including phenoxy) is 2. The van der Waals surface area contributed by atoms with Gasteiger partial charge in [-0.25, -0.2) is 4.68 Å². The van der Waals surface area contributed by atoms with Crippen LogP contribution in [0.15, 0.2) is 35.4 Å². The molecule has 0 atom stereocenters. The second kappa shape index (κ2) is 8.97. The van der Waals surface area contributed by atoms with E-state index in [-0.39, 0.29) is 5.91 Å². The molecule has 162 valence electrons. The second-order valence-corrected chi connectivity index (χ2v) is 8.39. The first kappa shape index (κ1) is 21.2. The standard InChI is InChI=1S/C22H25N5O3S/c1-14-9-15(2)27(25-14)20-5-6-21(24-23-20)31-13-22(28)26-8-7-16-10-18(29-3)19(30-4)11-17(16)12-26/h5-6,9-11H,7-8,12-13H2,1-4H3. The Morgan fingerprint density at radius 1 is 1.06 bits per heavy atom. The summed E-state index contributed by atoms with van der Waals surface area (Å²) >= 11 is 1.39. The molecule has 1 amide bonds. The number of carbonyl (C=O) groups excluding carboxylic acids is 1. The minimum absolute atomic E-state index is 0.0786. The van der Waals surface area contributed by atoms with E-state index in [4.69, 9.17) is 9.47 Å². The number of aryl methyl sites for hydroxylation is 2. The summed E-state index contributed by atoms with van der Waals surface area (Å²) in [6.45, 7) is 5.17. The summed E-state index contributed by atoms with van der Waals surface area (Å²) in [5, 5.41) is 13.6. The number of nitrogens with zero attached hydrogens (tertiary/aromatic N) is 5. The summed E-state index contributed by atoms with van der Waals surface area (Å²) in [7, 11) is 3.25. The van der Waals surface area contributed by atoms with Crippen LogP contribution in [0.4, 0.5) is 0 Å². The third-order valence-corrected chi connectivity index (χ3v) is 6.17. The Morgan fingerprint density at radius 2 is 1.81 bits per heavy atom. The minimum Gasteiger partial charge on any atom is -0.493 e. The second-order valence-electron chi connectivity index (χ2n) is 7.40. The van der Waals surface area contributed by atoms with Gasteiger partial charge in [0, 0.05) is 18.8 Å². The number of amides is 1. The Morgan fingerprint density at radius 3 is 2.42 bits per heavy atom. The van der Waals surface area contributed by atoms with Crippen LogP contribution in [0.2, 0.25) is 0 Å². The van der Waals surface area contributed by atoms with Gasteiger partial charge in [0.2, 0.25) is 5.91 Å². The summed E-state index contributed by atoms with van der Waals surface area (Å²) in [6, 6.07) is 9.70. The average molecular weight is 440 g/mol. The van der Waals surface area contributed by atoms with E-state index in [1.54, 1.807) is 18.9 Å². The van der Waals surface area contributed by atoms with Crippen molar-refractivity contribution in [2.75, 3.05) is 26.5 Å². The monoisotopic (exact) mass is 439 g/mol. The lowest BCUT2D eigenvalue weighted by Crippen LogP contribution is -2.37. The highest BCUT2D eigenvalue weighted by atomic mass is 32.2. The SMILES string of the molecule is COc1cc2c(cc1OC)CN(C(=O)CSc1ccc(-n3nc(C)cc3C)nn1)CC2. The fourth-order valence-electron chi connectivity index (χ4n) is 3.69. The molecule has 1 aromatic carbocycles. The van der Waals surface area contributed by atoms with Gasteiger partial charge in [0.1, 0.15) is 5.03 Å². The molecule has 1 aliphatic heterocycles. The topological polar surface area (TPSA) is 82.4 Å². The van der Waals surface area contributed by atoms with Gasteiger partial charge in [0.15, 0.2) is 17.3 Å². The molecule has 2 aromatic heterocycles. The van der Waals surface area contributed by atoms with Gasteiger partial charge in [-0.2, -0.15) is 5.10 Å². The molecule has 9 heteroatoms. The smallest absolute Gasteiger partial charge is 0.233 e. The van der Waals surface area contributed by atoms with Gasteiger partial charge in [-0.15, -0.1) is 10.2 Å². The Balaban J connectivity index is 1.38. The quantitative estimate of drug-likeness (QED) is 0.546. The number of aromatic nitrogens is 4. The van der Waals surface area contributed by atoms with Crippen LogP contribution in [0.5, 0.6) is 11.5 Å². The highest BCUT2D eigenvalue weighted by molar-refractivity contribution is 7.99. The van der Waals surface area contributed by atoms with Gasteiger partial charge in [-0.1, -0.05) is 11.8 Å². The normalized spacial score (nSPS) is 13.1. The van der Waals surface area contributed by atoms with E-state index < -0.39 is 0 Å². The van der Waals surface area contributed by atoms with Crippen molar-refractivity contribution < 1.29 is 14.3 Å². The average Bonchev–Trinajstić information content (AvgIpc) is 3.14. The van der Waals surface area contributed by atoms with E-state index in [2.05, 4.69) is 15.3 Å². The van der Waals surface area contributed by atoms with Gasteiger partial charge in [-0.3, -0.25) is 4.79 Å². The molecule has 0 bridgehead atoms. The number of rotatable bonds is 6. The third-order valence-electron chi connectivity index (χ3n) is 5.27. The molecule has 0 saturated carbocycles. The van der Waals surface area contributed by atoms with Crippen LogP contribution in [0.1, 0.15) is 22.5 Å². The Hall–Kier alpha value is -3.07. The number of carbonyl (C=O) groups is 1. The molecule has 4 rings (SSSR count). The van der Waals surface area contributed by atoms with Gasteiger partial charge < -0.3 is 14.4 Å². The Labute approximate surface area is 185 Å². The van der Waals surface area contributed by atoms with Gasteiger partial charge in [-0.05, 0) is 61.7 Å². The van der Waals surface area contributed by atoms with Crippen LogP contribution in [-0.4, -0.2) is 57.3 Å². The van der Waals surface area contributed by atoms with E-state index in [0.29, 0.717) is 35.4 Å². The highest BCUT2D eigenvalue weighted by Gasteiger charge is 2.23. The van der Waals surface area contributed by atoms with Gasteiger partial charge >= 0.3 is 0 Å². The molecule has 3 heterocycles. The van der Waals surface area contributed by atoms with E-state index in [1.165, 1.54) is 17.3 Å². The number of benzene rings is 1. The van der Waals surface area contributed by atoms with E-state index >= 15 is 0 Å². The summed E-state index contributed by atoms with van der Waals surface area (Å²) in [5.41, 5.74) is 4.22. The zero-order valence-electron chi connectivity index (χ0n) is 18.1. The van der Waals surface area contributed by atoms with Crippen LogP contribution in [-0.2, 0) is 17.8 Å². The minimum atomic E-state index is 0.0786. The van der Waals surface area contributed by atoms with Crippen molar-refractivity contribution in [1.29, 1.82) is 0 Å². The molecule has 0 radical (unpaired) electrons. The molecule has 0 spiro atoms. The lowest BCUT2D eigenvalue weighted by molar-refractivity contribution is -0.129. The van der Waals surface area contributed by atoms with Crippen LogP contribution >= 0.6 is 11.8 Å². The molecular formula is C22H25N5O3S. The fraction of sp³-hybridized carbons (Fsp3) is 0.364. The highest BCUT2D eigenvalue weighted by Crippen LogP contribution is 2.33. The molecule has 8 nitrogen and oxygen atoms in total. The predicted octanol–water partition coefficient (Wildman–Crippen LogP) is 2.97. The van der Waals surface area contributed by atoms with Gasteiger partial charge in [0.25, 0.3) is 0 Å².